The number of likely N-dealkylation sites (N-methyl/N-ethyl adjacent to an activating group) is 2. The predicted octanol–water partition coefficient (Wildman–Crippen LogP) is 0.249. The van der Waals surface area contributed by atoms with Gasteiger partial charge in [-0.1, -0.05) is 6.07 Å². The maximum absolute atomic E-state index is 12.5. The molecule has 2 aliphatic rings. The van der Waals surface area contributed by atoms with E-state index in [9.17, 15) is 14.4 Å². The van der Waals surface area contributed by atoms with E-state index in [1.165, 1.54) is 11.9 Å². The van der Waals surface area contributed by atoms with Crippen LogP contribution in [0.25, 0.3) is 0 Å². The third-order valence-corrected chi connectivity index (χ3v) is 4.36. The van der Waals surface area contributed by atoms with Crippen molar-refractivity contribution in [2.45, 2.75) is 25.4 Å². The lowest BCUT2D eigenvalue weighted by Gasteiger charge is -2.29. The minimum atomic E-state index is -0.694. The maximum Gasteiger partial charge on any atom is 0.326 e. The number of carbonyl (C=O) groups excluding carboxylic acids is 3. The van der Waals surface area contributed by atoms with Crippen molar-refractivity contribution in [2.24, 2.45) is 0 Å². The Kier molecular flexibility index (Phi) is 3.56. The van der Waals surface area contributed by atoms with E-state index in [1.807, 2.05) is 12.1 Å². The van der Waals surface area contributed by atoms with E-state index in [0.29, 0.717) is 13.1 Å². The molecule has 1 saturated heterocycles. The monoisotopic (exact) mass is 302 g/mol. The van der Waals surface area contributed by atoms with Crippen molar-refractivity contribution in [3.63, 3.8) is 0 Å². The average molecular weight is 302 g/mol. The molecule has 4 amide bonds. The molecule has 1 fully saturated rings. The molecule has 0 spiro atoms. The molecule has 0 aliphatic carbocycles. The number of amides is 4. The fourth-order valence-electron chi connectivity index (χ4n) is 2.95. The minimum Gasteiger partial charge on any atom is -0.338 e. The second-order valence-corrected chi connectivity index (χ2v) is 5.69. The highest BCUT2D eigenvalue weighted by atomic mass is 16.2. The van der Waals surface area contributed by atoms with Crippen LogP contribution in [0.4, 0.5) is 4.79 Å². The molecule has 7 nitrogen and oxygen atoms in total. The second-order valence-electron chi connectivity index (χ2n) is 5.69. The lowest BCUT2D eigenvalue weighted by Crippen LogP contribution is -2.41. The van der Waals surface area contributed by atoms with Crippen LogP contribution in [0.1, 0.15) is 17.7 Å². The molecule has 22 heavy (non-hydrogen) atoms. The van der Waals surface area contributed by atoms with Gasteiger partial charge in [-0.05, 0) is 11.6 Å². The van der Waals surface area contributed by atoms with Gasteiger partial charge in [0.1, 0.15) is 6.04 Å². The van der Waals surface area contributed by atoms with Crippen molar-refractivity contribution in [1.82, 2.24) is 19.7 Å². The molecule has 1 atom stereocenters. The number of fused-ring (bicyclic) bond motifs is 1. The van der Waals surface area contributed by atoms with E-state index in [0.717, 1.165) is 22.6 Å². The molecule has 0 bridgehead atoms. The Bertz CT molecular complexity index is 645. The quantitative estimate of drug-likeness (QED) is 0.734. The first kappa shape index (κ1) is 14.5. The normalized spacial score (nSPS) is 21.4. The molecule has 3 rings (SSSR count). The lowest BCUT2D eigenvalue weighted by molar-refractivity contribution is -0.137. The SMILES string of the molecule is CN1C(=O)[C@@H](CC(=O)N2CCc3ncccc3C2)N(C)C1=O. The number of hydrogen-bond donors (Lipinski definition) is 0. The molecule has 7 heteroatoms. The van der Waals surface area contributed by atoms with Crippen molar-refractivity contribution >= 4 is 17.8 Å². The highest BCUT2D eigenvalue weighted by Gasteiger charge is 2.42. The number of imide groups is 1. The van der Waals surface area contributed by atoms with Crippen LogP contribution < -0.4 is 0 Å². The highest BCUT2D eigenvalue weighted by molar-refractivity contribution is 6.05. The summed E-state index contributed by atoms with van der Waals surface area (Å²) in [6.07, 6.45) is 2.50. The summed E-state index contributed by atoms with van der Waals surface area (Å²) in [7, 11) is 2.99. The van der Waals surface area contributed by atoms with E-state index >= 15 is 0 Å². The van der Waals surface area contributed by atoms with Crippen LogP contribution in [0.2, 0.25) is 0 Å². The summed E-state index contributed by atoms with van der Waals surface area (Å²) in [5.41, 5.74) is 2.07. The second kappa shape index (κ2) is 5.40. The molecule has 2 aliphatic heterocycles. The van der Waals surface area contributed by atoms with Crippen LogP contribution >= 0.6 is 0 Å². The molecule has 116 valence electrons. The van der Waals surface area contributed by atoms with Gasteiger partial charge < -0.3 is 9.80 Å². The Morgan fingerprint density at radius 1 is 1.36 bits per heavy atom. The van der Waals surface area contributed by atoms with Crippen LogP contribution in [-0.2, 0) is 22.6 Å². The van der Waals surface area contributed by atoms with Crippen molar-refractivity contribution in [3.8, 4) is 0 Å². The van der Waals surface area contributed by atoms with Crippen molar-refractivity contribution in [1.29, 1.82) is 0 Å². The molecule has 1 aromatic rings. The van der Waals surface area contributed by atoms with Crippen molar-refractivity contribution in [2.75, 3.05) is 20.6 Å². The van der Waals surface area contributed by atoms with E-state index in [2.05, 4.69) is 4.98 Å². The lowest BCUT2D eigenvalue weighted by atomic mass is 10.0. The third kappa shape index (κ3) is 2.32. The topological polar surface area (TPSA) is 73.8 Å². The zero-order valence-electron chi connectivity index (χ0n) is 12.7. The molecule has 0 N–H and O–H groups in total. The summed E-state index contributed by atoms with van der Waals surface area (Å²) in [5.74, 6) is -0.428. The fraction of sp³-hybridized carbons (Fsp3) is 0.467. The summed E-state index contributed by atoms with van der Waals surface area (Å²) in [6.45, 7) is 1.10. The Morgan fingerprint density at radius 3 is 2.82 bits per heavy atom. The largest absolute Gasteiger partial charge is 0.338 e. The smallest absolute Gasteiger partial charge is 0.326 e. The predicted molar refractivity (Wildman–Crippen MR) is 77.7 cm³/mol. The van der Waals surface area contributed by atoms with Crippen molar-refractivity contribution in [3.05, 3.63) is 29.6 Å². The van der Waals surface area contributed by atoms with Gasteiger partial charge in [-0.2, -0.15) is 0 Å². The van der Waals surface area contributed by atoms with Gasteiger partial charge in [-0.15, -0.1) is 0 Å². The standard InChI is InChI=1S/C15H18N4O3/c1-17-12(14(21)18(2)15(17)22)8-13(20)19-7-5-11-10(9-19)4-3-6-16-11/h3-4,6,12H,5,7-9H2,1-2H3/t12-/m1/s1. The molecular weight excluding hydrogens is 284 g/mol. The number of pyridine rings is 1. The minimum absolute atomic E-state index is 0.0288. The number of urea groups is 1. The van der Waals surface area contributed by atoms with Gasteiger partial charge in [-0.25, -0.2) is 4.79 Å². The van der Waals surface area contributed by atoms with Crippen LogP contribution in [0, 0.1) is 0 Å². The van der Waals surface area contributed by atoms with Crippen molar-refractivity contribution < 1.29 is 14.4 Å². The Labute approximate surface area is 128 Å². The summed E-state index contributed by atoms with van der Waals surface area (Å²) in [5, 5.41) is 0. The van der Waals surface area contributed by atoms with E-state index in [1.54, 1.807) is 18.1 Å². The van der Waals surface area contributed by atoms with Crippen LogP contribution in [-0.4, -0.2) is 64.2 Å². The molecule has 0 unspecified atom stereocenters. The van der Waals surface area contributed by atoms with Gasteiger partial charge in [0.15, 0.2) is 0 Å². The summed E-state index contributed by atoms with van der Waals surface area (Å²) < 4.78 is 0. The Hall–Kier alpha value is -2.44. The van der Waals surface area contributed by atoms with Gasteiger partial charge in [0.2, 0.25) is 5.91 Å². The Balaban J connectivity index is 1.69. The van der Waals surface area contributed by atoms with Gasteiger partial charge in [0.05, 0.1) is 6.42 Å². The first-order valence-electron chi connectivity index (χ1n) is 7.24. The van der Waals surface area contributed by atoms with Crippen LogP contribution in [0.15, 0.2) is 18.3 Å². The van der Waals surface area contributed by atoms with Gasteiger partial charge >= 0.3 is 6.03 Å². The van der Waals surface area contributed by atoms with Crippen LogP contribution in [0.5, 0.6) is 0 Å². The van der Waals surface area contributed by atoms with E-state index in [-0.39, 0.29) is 24.3 Å². The highest BCUT2D eigenvalue weighted by Crippen LogP contribution is 2.21. The summed E-state index contributed by atoms with van der Waals surface area (Å²) >= 11 is 0. The van der Waals surface area contributed by atoms with Gasteiger partial charge in [0, 0.05) is 45.5 Å². The van der Waals surface area contributed by atoms with E-state index in [4.69, 9.17) is 0 Å². The van der Waals surface area contributed by atoms with Gasteiger partial charge in [0.25, 0.3) is 5.91 Å². The molecule has 0 saturated carbocycles. The van der Waals surface area contributed by atoms with E-state index < -0.39 is 6.04 Å². The number of carbonyl (C=O) groups is 3. The number of nitrogens with zero attached hydrogens (tertiary/aromatic N) is 4. The fourth-order valence-corrected chi connectivity index (χ4v) is 2.95. The first-order valence-corrected chi connectivity index (χ1v) is 7.24. The third-order valence-electron chi connectivity index (χ3n) is 4.36. The zero-order chi connectivity index (χ0) is 15.9. The first-order chi connectivity index (χ1) is 10.5. The summed E-state index contributed by atoms with van der Waals surface area (Å²) in [4.78, 5) is 44.7. The maximum atomic E-state index is 12.5. The number of hydrogen-bond acceptors (Lipinski definition) is 4. The van der Waals surface area contributed by atoms with Gasteiger partial charge in [-0.3, -0.25) is 19.5 Å². The number of aromatic nitrogens is 1. The van der Waals surface area contributed by atoms with Crippen LogP contribution in [0.3, 0.4) is 0 Å². The summed E-state index contributed by atoms with van der Waals surface area (Å²) in [6, 6.07) is 2.76. The molecule has 0 radical (unpaired) electrons. The molecule has 3 heterocycles. The average Bonchev–Trinajstić information content (AvgIpc) is 2.72. The molecule has 1 aromatic heterocycles. The molecule has 0 aromatic carbocycles. The number of rotatable bonds is 2. The zero-order valence-corrected chi connectivity index (χ0v) is 12.7. The Morgan fingerprint density at radius 2 is 2.14 bits per heavy atom. The molecular formula is C15H18N4O3.